The molecular formula is C13H20N4O3. The van der Waals surface area contributed by atoms with Crippen LogP contribution in [-0.2, 0) is 4.79 Å². The molecule has 7 heteroatoms. The Morgan fingerprint density at radius 1 is 1.10 bits per heavy atom. The van der Waals surface area contributed by atoms with Crippen LogP contribution >= 0.6 is 0 Å². The molecule has 1 aromatic carbocycles. The van der Waals surface area contributed by atoms with Gasteiger partial charge in [-0.3, -0.25) is 14.8 Å². The first-order chi connectivity index (χ1) is 9.63. The molecule has 0 saturated carbocycles. The summed E-state index contributed by atoms with van der Waals surface area (Å²) in [6.07, 6.45) is 0.888. The average Bonchev–Trinajstić information content (AvgIpc) is 2.46. The van der Waals surface area contributed by atoms with E-state index in [9.17, 15) is 9.59 Å². The van der Waals surface area contributed by atoms with Gasteiger partial charge in [0.1, 0.15) is 0 Å². The Morgan fingerprint density at radius 3 is 2.45 bits per heavy atom. The third-order valence-corrected chi connectivity index (χ3v) is 2.64. The molecule has 0 atom stereocenters. The minimum Gasteiger partial charge on any atom is -0.399 e. The summed E-state index contributed by atoms with van der Waals surface area (Å²) in [7, 11) is 0. The Labute approximate surface area is 117 Å². The molecule has 0 unspecified atom stereocenters. The van der Waals surface area contributed by atoms with Crippen molar-refractivity contribution in [3.05, 3.63) is 29.8 Å². The number of hydroxylamine groups is 1. The molecule has 0 heterocycles. The first-order valence-electron chi connectivity index (χ1n) is 6.41. The maximum Gasteiger partial charge on any atom is 0.251 e. The van der Waals surface area contributed by atoms with E-state index >= 15 is 0 Å². The van der Waals surface area contributed by atoms with Gasteiger partial charge in [-0.15, -0.1) is 0 Å². The minimum atomic E-state index is -0.400. The van der Waals surface area contributed by atoms with Gasteiger partial charge < -0.3 is 16.4 Å². The molecule has 0 aromatic heterocycles. The summed E-state index contributed by atoms with van der Waals surface area (Å²) in [4.78, 5) is 22.4. The predicted molar refractivity (Wildman–Crippen MR) is 75.2 cm³/mol. The smallest absolute Gasteiger partial charge is 0.251 e. The highest BCUT2D eigenvalue weighted by Crippen LogP contribution is 2.04. The van der Waals surface area contributed by atoms with Gasteiger partial charge in [-0.05, 0) is 37.2 Å². The van der Waals surface area contributed by atoms with Crippen molar-refractivity contribution in [2.75, 3.05) is 25.4 Å². The highest BCUT2D eigenvalue weighted by molar-refractivity contribution is 5.94. The summed E-state index contributed by atoms with van der Waals surface area (Å²) in [5, 5.41) is 14.1. The molecule has 20 heavy (non-hydrogen) atoms. The van der Waals surface area contributed by atoms with Crippen LogP contribution < -0.4 is 21.8 Å². The van der Waals surface area contributed by atoms with Gasteiger partial charge in [0.05, 0.1) is 0 Å². The number of nitrogens with two attached hydrogens (primary N) is 1. The Kier molecular flexibility index (Phi) is 7.08. The van der Waals surface area contributed by atoms with E-state index in [2.05, 4.69) is 10.6 Å². The lowest BCUT2D eigenvalue weighted by molar-refractivity contribution is -0.129. The Balaban J connectivity index is 2.08. The summed E-state index contributed by atoms with van der Waals surface area (Å²) in [6, 6.07) is 6.70. The van der Waals surface area contributed by atoms with Gasteiger partial charge in [-0.25, -0.2) is 5.48 Å². The van der Waals surface area contributed by atoms with Crippen molar-refractivity contribution < 1.29 is 14.8 Å². The first kappa shape index (κ1) is 15.9. The van der Waals surface area contributed by atoms with E-state index < -0.39 is 5.91 Å². The second-order valence-electron chi connectivity index (χ2n) is 4.27. The molecule has 1 rings (SSSR count). The summed E-state index contributed by atoms with van der Waals surface area (Å²) >= 11 is 0. The van der Waals surface area contributed by atoms with E-state index in [1.54, 1.807) is 29.7 Å². The summed E-state index contributed by atoms with van der Waals surface area (Å²) in [6.45, 7) is 1.75. The normalized spacial score (nSPS) is 10.1. The molecule has 0 saturated heterocycles. The molecule has 2 amide bonds. The molecule has 0 aliphatic rings. The van der Waals surface area contributed by atoms with Crippen LogP contribution in [0, 0.1) is 0 Å². The van der Waals surface area contributed by atoms with Crippen molar-refractivity contribution in [3.63, 3.8) is 0 Å². The van der Waals surface area contributed by atoms with Crippen molar-refractivity contribution >= 4 is 17.5 Å². The number of nitrogen functional groups attached to an aromatic ring is 1. The topological polar surface area (TPSA) is 116 Å². The van der Waals surface area contributed by atoms with E-state index in [0.29, 0.717) is 37.3 Å². The van der Waals surface area contributed by atoms with E-state index in [4.69, 9.17) is 10.9 Å². The lowest BCUT2D eigenvalue weighted by Crippen LogP contribution is -2.32. The summed E-state index contributed by atoms with van der Waals surface area (Å²) in [5.41, 5.74) is 8.30. The fourth-order valence-corrected chi connectivity index (χ4v) is 1.56. The minimum absolute atomic E-state index is 0.147. The van der Waals surface area contributed by atoms with Crippen LogP contribution in [0.1, 0.15) is 23.2 Å². The second-order valence-corrected chi connectivity index (χ2v) is 4.27. The third kappa shape index (κ3) is 6.17. The van der Waals surface area contributed by atoms with Gasteiger partial charge in [0, 0.05) is 30.8 Å². The van der Waals surface area contributed by atoms with Crippen LogP contribution in [0.4, 0.5) is 5.69 Å². The van der Waals surface area contributed by atoms with Gasteiger partial charge in [0.25, 0.3) is 5.91 Å². The highest BCUT2D eigenvalue weighted by atomic mass is 16.5. The number of hydrogen-bond donors (Lipinski definition) is 5. The number of nitrogens with one attached hydrogen (secondary N) is 3. The van der Waals surface area contributed by atoms with Gasteiger partial charge in [0.15, 0.2) is 0 Å². The zero-order chi connectivity index (χ0) is 14.8. The SMILES string of the molecule is Nc1ccc(C(=O)NCCNCCCC(=O)NO)cc1. The molecule has 1 aromatic rings. The monoisotopic (exact) mass is 280 g/mol. The molecule has 0 spiro atoms. The van der Waals surface area contributed by atoms with Gasteiger partial charge in [-0.2, -0.15) is 0 Å². The molecule has 0 fully saturated rings. The molecule has 0 bridgehead atoms. The number of carbonyl (C=O) groups is 2. The Morgan fingerprint density at radius 2 is 1.80 bits per heavy atom. The molecular weight excluding hydrogens is 260 g/mol. The zero-order valence-corrected chi connectivity index (χ0v) is 11.2. The fraction of sp³-hybridized carbons (Fsp3) is 0.385. The Bertz CT molecular complexity index is 434. The summed E-state index contributed by atoms with van der Waals surface area (Å²) < 4.78 is 0. The molecule has 0 radical (unpaired) electrons. The number of rotatable bonds is 8. The molecule has 6 N–H and O–H groups in total. The van der Waals surface area contributed by atoms with E-state index in [1.165, 1.54) is 0 Å². The second kappa shape index (κ2) is 8.89. The van der Waals surface area contributed by atoms with Gasteiger partial charge in [0.2, 0.25) is 5.91 Å². The average molecular weight is 280 g/mol. The highest BCUT2D eigenvalue weighted by Gasteiger charge is 2.03. The maximum atomic E-state index is 11.7. The number of amides is 2. The number of hydrogen-bond acceptors (Lipinski definition) is 5. The third-order valence-electron chi connectivity index (χ3n) is 2.64. The van der Waals surface area contributed by atoms with Crippen molar-refractivity contribution in [1.29, 1.82) is 0 Å². The largest absolute Gasteiger partial charge is 0.399 e. The molecule has 0 aliphatic carbocycles. The van der Waals surface area contributed by atoms with Crippen molar-refractivity contribution in [2.45, 2.75) is 12.8 Å². The fourth-order valence-electron chi connectivity index (χ4n) is 1.56. The van der Waals surface area contributed by atoms with Crippen LogP contribution in [0.5, 0.6) is 0 Å². The van der Waals surface area contributed by atoms with Gasteiger partial charge >= 0.3 is 0 Å². The maximum absolute atomic E-state index is 11.7. The van der Waals surface area contributed by atoms with E-state index in [0.717, 1.165) is 0 Å². The lowest BCUT2D eigenvalue weighted by atomic mass is 10.2. The molecule has 110 valence electrons. The van der Waals surface area contributed by atoms with Crippen molar-refractivity contribution in [2.24, 2.45) is 0 Å². The van der Waals surface area contributed by atoms with Crippen LogP contribution in [0.2, 0.25) is 0 Å². The first-order valence-corrected chi connectivity index (χ1v) is 6.41. The molecule has 7 nitrogen and oxygen atoms in total. The zero-order valence-electron chi connectivity index (χ0n) is 11.2. The number of benzene rings is 1. The van der Waals surface area contributed by atoms with Crippen LogP contribution in [0.15, 0.2) is 24.3 Å². The Hall–Kier alpha value is -2.12. The van der Waals surface area contributed by atoms with Gasteiger partial charge in [-0.1, -0.05) is 0 Å². The number of carbonyl (C=O) groups excluding carboxylic acids is 2. The summed E-state index contributed by atoms with van der Waals surface area (Å²) in [5.74, 6) is -0.546. The number of anilines is 1. The lowest BCUT2D eigenvalue weighted by Gasteiger charge is -2.07. The van der Waals surface area contributed by atoms with E-state index in [-0.39, 0.29) is 12.3 Å². The predicted octanol–water partition coefficient (Wildman–Crippen LogP) is -0.126. The standard InChI is InChI=1S/C13H20N4O3/c14-11-5-3-10(4-6-11)13(19)16-9-8-15-7-1-2-12(18)17-20/h3-6,15,20H,1-2,7-9,14H2,(H,16,19)(H,17,18). The van der Waals surface area contributed by atoms with Crippen molar-refractivity contribution in [1.82, 2.24) is 16.1 Å². The van der Waals surface area contributed by atoms with E-state index in [1.807, 2.05) is 0 Å². The van der Waals surface area contributed by atoms with Crippen LogP contribution in [0.25, 0.3) is 0 Å². The van der Waals surface area contributed by atoms with Crippen LogP contribution in [0.3, 0.4) is 0 Å². The molecule has 0 aliphatic heterocycles. The van der Waals surface area contributed by atoms with Crippen molar-refractivity contribution in [3.8, 4) is 0 Å². The quantitative estimate of drug-likeness (QED) is 0.197. The van der Waals surface area contributed by atoms with Crippen LogP contribution in [-0.4, -0.2) is 36.7 Å².